The molecule has 46 heavy (non-hydrogen) atoms. The van der Waals surface area contributed by atoms with Crippen LogP contribution in [0.1, 0.15) is 80.4 Å². The first-order chi connectivity index (χ1) is 22.1. The van der Waals surface area contributed by atoms with Crippen molar-refractivity contribution in [3.05, 3.63) is 41.6 Å². The van der Waals surface area contributed by atoms with Gasteiger partial charge in [-0.15, -0.1) is 0 Å². The van der Waals surface area contributed by atoms with E-state index in [9.17, 15) is 9.59 Å². The van der Waals surface area contributed by atoms with Gasteiger partial charge in [-0.05, 0) is 81.7 Å². The molecule has 3 N–H and O–H groups in total. The van der Waals surface area contributed by atoms with Crippen LogP contribution in [0.5, 0.6) is 5.75 Å². The average molecular weight is 628 g/mol. The number of carbonyl (C=O) groups is 2. The fourth-order valence-corrected chi connectivity index (χ4v) is 8.35. The number of carbonyl (C=O) groups excluding carboxylic acids is 2. The SMILES string of the molecule is COc1cc(C(=O)N2C[C@H](N)[C@@H]3CC[C@H]2C3)cc2nc(-c3cc4ccc5nc4n3CCCCC[C@]3(F)C[C@H]3C(=O)N[C@@H]5C)n(C)c12. The number of ether oxygens (including phenoxy) is 1. The van der Waals surface area contributed by atoms with Crippen LogP contribution in [-0.4, -0.2) is 67.2 Å². The molecular formula is C35H42FN7O3. The van der Waals surface area contributed by atoms with Crippen LogP contribution in [0.25, 0.3) is 33.6 Å². The number of halogens is 1. The summed E-state index contributed by atoms with van der Waals surface area (Å²) >= 11 is 0. The first kappa shape index (κ1) is 29.4. The number of amides is 2. The Labute approximate surface area is 267 Å². The number of fused-ring (bicyclic) bond motifs is 5. The summed E-state index contributed by atoms with van der Waals surface area (Å²) in [6.45, 7) is 3.17. The van der Waals surface area contributed by atoms with Gasteiger partial charge in [0.15, 0.2) is 5.82 Å². The maximum Gasteiger partial charge on any atom is 0.254 e. The van der Waals surface area contributed by atoms with Gasteiger partial charge in [-0.25, -0.2) is 14.4 Å². The van der Waals surface area contributed by atoms with Gasteiger partial charge in [0.1, 0.15) is 22.6 Å². The number of imidazole rings is 1. The lowest BCUT2D eigenvalue weighted by Crippen LogP contribution is -2.51. The third kappa shape index (κ3) is 4.68. The Morgan fingerprint density at radius 2 is 2.00 bits per heavy atom. The highest BCUT2D eigenvalue weighted by Gasteiger charge is 2.59. The van der Waals surface area contributed by atoms with Crippen molar-refractivity contribution >= 4 is 33.9 Å². The lowest BCUT2D eigenvalue weighted by Gasteiger charge is -2.37. The van der Waals surface area contributed by atoms with Gasteiger partial charge in [0.2, 0.25) is 5.91 Å². The van der Waals surface area contributed by atoms with Crippen LogP contribution in [0, 0.1) is 11.8 Å². The van der Waals surface area contributed by atoms with Gasteiger partial charge in [-0.1, -0.05) is 12.8 Å². The van der Waals surface area contributed by atoms with E-state index in [1.54, 1.807) is 7.11 Å². The second-order valence-electron chi connectivity index (χ2n) is 14.1. The number of rotatable bonds is 3. The third-order valence-corrected chi connectivity index (χ3v) is 11.2. The molecule has 0 radical (unpaired) electrons. The fourth-order valence-electron chi connectivity index (χ4n) is 8.35. The first-order valence-corrected chi connectivity index (χ1v) is 16.8. The number of piperidine rings is 1. The Morgan fingerprint density at radius 1 is 1.15 bits per heavy atom. The molecule has 10 nitrogen and oxygen atoms in total. The van der Waals surface area contributed by atoms with Crippen molar-refractivity contribution in [1.82, 2.24) is 29.3 Å². The lowest BCUT2D eigenvalue weighted by molar-refractivity contribution is -0.124. The maximum absolute atomic E-state index is 15.2. The van der Waals surface area contributed by atoms with E-state index in [-0.39, 0.29) is 29.9 Å². The summed E-state index contributed by atoms with van der Waals surface area (Å²) in [5.74, 6) is 1.02. The molecule has 11 heteroatoms. The number of alkyl halides is 1. The summed E-state index contributed by atoms with van der Waals surface area (Å²) in [4.78, 5) is 38.8. The minimum Gasteiger partial charge on any atom is -0.494 e. The molecule has 4 aromatic rings. The molecule has 3 aromatic heterocycles. The van der Waals surface area contributed by atoms with Crippen LogP contribution in [0.15, 0.2) is 30.3 Å². The van der Waals surface area contributed by atoms with Crippen molar-refractivity contribution in [2.24, 2.45) is 24.6 Å². The number of likely N-dealkylation sites (tertiary alicyclic amines) is 1. The van der Waals surface area contributed by atoms with E-state index in [4.69, 9.17) is 20.4 Å². The lowest BCUT2D eigenvalue weighted by atomic mass is 9.94. The molecule has 2 amide bonds. The standard InChI is InChI=1S/C35H42FN7O3/c1-19-26-10-8-21-15-28(42(31(21)39-26)12-6-4-5-11-35(36)17-24(35)33(44)38-19)32-40-27-14-22(16-29(46-3)30(27)41(32)2)34(45)43-18-25(37)20-7-9-23(43)13-20/h8,10,14-16,19-20,23-25H,4-7,9,11-13,17-18,37H2,1-3H3,(H,38,44)/t19-,20-,23+,24+,25+,35+/m1/s1. The highest BCUT2D eigenvalue weighted by atomic mass is 19.1. The highest BCUT2D eigenvalue weighted by molar-refractivity contribution is 6.00. The molecule has 3 fully saturated rings. The van der Waals surface area contributed by atoms with Gasteiger partial charge in [0, 0.05) is 43.2 Å². The number of nitrogens with two attached hydrogens (primary N) is 1. The Balaban J connectivity index is 1.19. The molecule has 4 bridgehead atoms. The number of benzene rings is 1. The molecule has 0 unspecified atom stereocenters. The van der Waals surface area contributed by atoms with Gasteiger partial charge in [-0.3, -0.25) is 9.59 Å². The zero-order chi connectivity index (χ0) is 31.9. The number of nitrogens with zero attached hydrogens (tertiary/aromatic N) is 5. The van der Waals surface area contributed by atoms with Crippen LogP contribution in [-0.2, 0) is 18.4 Å². The molecule has 242 valence electrons. The van der Waals surface area contributed by atoms with E-state index in [0.29, 0.717) is 48.7 Å². The number of methoxy groups -OCH3 is 1. The summed E-state index contributed by atoms with van der Waals surface area (Å²) < 4.78 is 25.3. The Kier molecular flexibility index (Phi) is 6.90. The topological polar surface area (TPSA) is 120 Å². The van der Waals surface area contributed by atoms with Crippen LogP contribution < -0.4 is 15.8 Å². The second-order valence-corrected chi connectivity index (χ2v) is 14.1. The summed E-state index contributed by atoms with van der Waals surface area (Å²) in [5.41, 5.74) is 9.55. The van der Waals surface area contributed by atoms with Crippen molar-refractivity contribution in [3.8, 4) is 17.3 Å². The quantitative estimate of drug-likeness (QED) is 0.329. The molecule has 5 heterocycles. The van der Waals surface area contributed by atoms with Gasteiger partial charge in [0.25, 0.3) is 5.91 Å². The smallest absolute Gasteiger partial charge is 0.254 e. The van der Waals surface area contributed by atoms with E-state index >= 15 is 4.39 Å². The number of aryl methyl sites for hydroxylation is 2. The Bertz CT molecular complexity index is 1880. The Morgan fingerprint density at radius 3 is 2.83 bits per heavy atom. The predicted molar refractivity (Wildman–Crippen MR) is 173 cm³/mol. The first-order valence-electron chi connectivity index (χ1n) is 16.8. The van der Waals surface area contributed by atoms with Gasteiger partial charge < -0.3 is 29.8 Å². The summed E-state index contributed by atoms with van der Waals surface area (Å²) in [6, 6.07) is 9.65. The van der Waals surface area contributed by atoms with E-state index in [1.807, 2.05) is 47.7 Å². The van der Waals surface area contributed by atoms with E-state index in [2.05, 4.69) is 16.0 Å². The molecule has 2 saturated carbocycles. The molecule has 2 aliphatic carbocycles. The summed E-state index contributed by atoms with van der Waals surface area (Å²) in [6.07, 6.45) is 6.18. The average Bonchev–Trinajstić information content (AvgIpc) is 3.32. The fraction of sp³-hybridized carbons (Fsp3) is 0.543. The molecule has 0 spiro atoms. The van der Waals surface area contributed by atoms with Crippen LogP contribution in [0.4, 0.5) is 4.39 Å². The highest BCUT2D eigenvalue weighted by Crippen LogP contribution is 2.51. The molecule has 6 atom stereocenters. The zero-order valence-corrected chi connectivity index (χ0v) is 26.8. The molecule has 2 aliphatic heterocycles. The minimum atomic E-state index is -1.39. The van der Waals surface area contributed by atoms with Crippen molar-refractivity contribution < 1.29 is 18.7 Å². The maximum atomic E-state index is 15.2. The van der Waals surface area contributed by atoms with Crippen LogP contribution in [0.3, 0.4) is 0 Å². The number of hydrogen-bond donors (Lipinski definition) is 2. The summed E-state index contributed by atoms with van der Waals surface area (Å²) in [5, 5.41) is 3.97. The van der Waals surface area contributed by atoms with Gasteiger partial charge >= 0.3 is 0 Å². The number of nitrogens with one attached hydrogen (secondary N) is 1. The van der Waals surface area contributed by atoms with Gasteiger partial charge in [-0.2, -0.15) is 0 Å². The largest absolute Gasteiger partial charge is 0.494 e. The number of aromatic nitrogens is 4. The normalized spacial score (nSPS) is 29.5. The molecule has 1 saturated heterocycles. The van der Waals surface area contributed by atoms with Crippen LogP contribution >= 0.6 is 0 Å². The van der Waals surface area contributed by atoms with Crippen LogP contribution in [0.2, 0.25) is 0 Å². The molecule has 8 rings (SSSR count). The van der Waals surface area contributed by atoms with Crippen molar-refractivity contribution in [1.29, 1.82) is 0 Å². The summed E-state index contributed by atoms with van der Waals surface area (Å²) in [7, 11) is 3.59. The zero-order valence-electron chi connectivity index (χ0n) is 26.8. The van der Waals surface area contributed by atoms with Crippen molar-refractivity contribution in [2.45, 2.75) is 88.6 Å². The third-order valence-electron chi connectivity index (χ3n) is 11.2. The molecular weight excluding hydrogens is 585 g/mol. The van der Waals surface area contributed by atoms with E-state index < -0.39 is 11.6 Å². The minimum absolute atomic E-state index is 0.0108. The second kappa shape index (κ2) is 10.8. The molecule has 4 aliphatic rings. The predicted octanol–water partition coefficient (Wildman–Crippen LogP) is 5.03. The molecule has 1 aromatic carbocycles. The van der Waals surface area contributed by atoms with E-state index in [0.717, 1.165) is 72.3 Å². The number of pyridine rings is 1. The monoisotopic (exact) mass is 627 g/mol. The van der Waals surface area contributed by atoms with Crippen molar-refractivity contribution in [3.63, 3.8) is 0 Å². The van der Waals surface area contributed by atoms with Crippen molar-refractivity contribution in [2.75, 3.05) is 13.7 Å². The number of hydrogen-bond acceptors (Lipinski definition) is 6. The van der Waals surface area contributed by atoms with E-state index in [1.165, 1.54) is 0 Å². The Hall–Kier alpha value is -3.99. The van der Waals surface area contributed by atoms with Gasteiger partial charge in [0.05, 0.1) is 36.0 Å².